The summed E-state index contributed by atoms with van der Waals surface area (Å²) in [7, 11) is 0. The molecule has 2 aliphatic rings. The van der Waals surface area contributed by atoms with Crippen molar-refractivity contribution in [1.82, 2.24) is 0 Å². The molecule has 0 atom stereocenters. The monoisotopic (exact) mass is 867 g/mol. The first-order valence-corrected chi connectivity index (χ1v) is 24.1. The smallest absolute Gasteiger partial charge is 0.333 e. The number of hydrogen-bond acceptors (Lipinski definition) is 3. The highest BCUT2D eigenvalue weighted by Crippen LogP contribution is 2.52. The Kier molecular flexibility index (Phi) is 9.81. The average Bonchev–Trinajstić information content (AvgIpc) is 3.58. The molecule has 4 heteroatoms. The maximum atomic E-state index is 7.19. The molecular formula is C62H67BN2O. The van der Waals surface area contributed by atoms with E-state index in [0.29, 0.717) is 0 Å². The lowest BCUT2D eigenvalue weighted by Crippen LogP contribution is -2.61. The summed E-state index contributed by atoms with van der Waals surface area (Å²) >= 11 is 0. The molecule has 8 aromatic rings. The molecule has 0 radical (unpaired) electrons. The average molecular weight is 867 g/mol. The molecule has 0 N–H and O–H groups in total. The van der Waals surface area contributed by atoms with Gasteiger partial charge >= 0.3 is 6.85 Å². The predicted molar refractivity (Wildman–Crippen MR) is 287 cm³/mol. The number of nitrogens with zero attached hydrogens (tertiary/aromatic N) is 2. The highest BCUT2D eigenvalue weighted by molar-refractivity contribution is 6.94. The molecule has 0 bridgehead atoms. The SMILES string of the molecule is Cc1cc(C)c(-c2ccc3c(c2)N(c2cc(C(C)(C)C)cc(C(C)(C)C)c2)c2cc4c(oc5ccc(C)cc54)c4c2B3N(c2ccc(C(C)(C)C)cc2)c2ccc(C(C)(C)C)cc2-4)c(C)c1. The van der Waals surface area contributed by atoms with Gasteiger partial charge in [-0.1, -0.05) is 149 Å². The highest BCUT2D eigenvalue weighted by Gasteiger charge is 2.47. The minimum Gasteiger partial charge on any atom is -0.455 e. The number of fused-ring (bicyclic) bond motifs is 8. The number of furan rings is 1. The molecule has 334 valence electrons. The van der Waals surface area contributed by atoms with E-state index in [-0.39, 0.29) is 28.5 Å². The fraction of sp³-hybridized carbons (Fsp3) is 0.323. The quantitative estimate of drug-likeness (QED) is 0.165. The van der Waals surface area contributed by atoms with Crippen LogP contribution in [-0.2, 0) is 21.7 Å². The third kappa shape index (κ3) is 7.09. The second-order valence-electron chi connectivity index (χ2n) is 23.9. The predicted octanol–water partition coefficient (Wildman–Crippen LogP) is 16.4. The summed E-state index contributed by atoms with van der Waals surface area (Å²) < 4.78 is 7.19. The van der Waals surface area contributed by atoms with Gasteiger partial charge in [0.05, 0.1) is 0 Å². The van der Waals surface area contributed by atoms with E-state index < -0.39 is 0 Å². The van der Waals surface area contributed by atoms with Gasteiger partial charge in [0, 0.05) is 50.3 Å². The first-order chi connectivity index (χ1) is 30.9. The van der Waals surface area contributed by atoms with Crippen LogP contribution in [-0.4, -0.2) is 6.85 Å². The van der Waals surface area contributed by atoms with E-state index in [1.54, 1.807) is 0 Å². The Balaban J connectivity index is 1.40. The Morgan fingerprint density at radius 3 is 1.65 bits per heavy atom. The molecule has 2 aliphatic heterocycles. The molecule has 66 heavy (non-hydrogen) atoms. The lowest BCUT2D eigenvalue weighted by atomic mass is 9.43. The number of rotatable bonds is 3. The summed E-state index contributed by atoms with van der Waals surface area (Å²) in [6.07, 6.45) is 0. The molecule has 0 aliphatic carbocycles. The molecule has 0 unspecified atom stereocenters. The Hall–Kier alpha value is -6.00. The van der Waals surface area contributed by atoms with Gasteiger partial charge in [-0.25, -0.2) is 0 Å². The van der Waals surface area contributed by atoms with Crippen LogP contribution < -0.4 is 20.6 Å². The number of benzene rings is 7. The summed E-state index contributed by atoms with van der Waals surface area (Å²) in [4.78, 5) is 5.27. The zero-order valence-electron chi connectivity index (χ0n) is 42.3. The standard InChI is InChI=1S/C62H67BN2O/c1-36-17-26-54-47(29-36)48-35-53-57-56(58(48)66-54)49-34-42(60(8,9)10)21-25-51(49)65(45-22-19-41(20-23-45)59(5,6)7)63(57)50-24-18-40(55-38(3)27-37(2)28-39(55)4)30-52(50)64(53)46-32-43(61(11,12)13)31-44(33-46)62(14,15)16/h17-35H,1-16H3. The second kappa shape index (κ2) is 14.8. The van der Waals surface area contributed by atoms with Gasteiger partial charge in [-0.15, -0.1) is 0 Å². The first-order valence-electron chi connectivity index (χ1n) is 24.1. The minimum absolute atomic E-state index is 0.0268. The third-order valence-corrected chi connectivity index (χ3v) is 14.6. The third-order valence-electron chi connectivity index (χ3n) is 14.6. The summed E-state index contributed by atoms with van der Waals surface area (Å²) in [6.45, 7) is 36.7. The molecule has 0 saturated carbocycles. The van der Waals surface area contributed by atoms with Crippen molar-refractivity contribution in [2.24, 2.45) is 0 Å². The normalized spacial score (nSPS) is 14.0. The van der Waals surface area contributed by atoms with Crippen LogP contribution in [0, 0.1) is 27.7 Å². The highest BCUT2D eigenvalue weighted by atomic mass is 16.3. The summed E-state index contributed by atoms with van der Waals surface area (Å²) in [5.74, 6) is 0. The summed E-state index contributed by atoms with van der Waals surface area (Å²) in [5.41, 5.74) is 25.5. The van der Waals surface area contributed by atoms with Crippen LogP contribution in [0.3, 0.4) is 0 Å². The lowest BCUT2D eigenvalue weighted by Gasteiger charge is -2.46. The van der Waals surface area contributed by atoms with Crippen molar-refractivity contribution in [2.45, 2.75) is 132 Å². The van der Waals surface area contributed by atoms with Gasteiger partial charge < -0.3 is 14.1 Å². The first kappa shape index (κ1) is 43.9. The van der Waals surface area contributed by atoms with Gasteiger partial charge in [0.15, 0.2) is 0 Å². The van der Waals surface area contributed by atoms with Crippen molar-refractivity contribution in [3.05, 3.63) is 160 Å². The van der Waals surface area contributed by atoms with Gasteiger partial charge in [-0.05, 0) is 165 Å². The molecule has 0 fully saturated rings. The zero-order chi connectivity index (χ0) is 47.2. The van der Waals surface area contributed by atoms with Crippen LogP contribution in [0.4, 0.5) is 28.4 Å². The Labute approximate surface area is 395 Å². The van der Waals surface area contributed by atoms with Crippen molar-refractivity contribution in [1.29, 1.82) is 0 Å². The van der Waals surface area contributed by atoms with E-state index in [0.717, 1.165) is 21.9 Å². The van der Waals surface area contributed by atoms with E-state index in [9.17, 15) is 0 Å². The maximum Gasteiger partial charge on any atom is 0.333 e. The van der Waals surface area contributed by atoms with Gasteiger partial charge in [0.2, 0.25) is 0 Å². The van der Waals surface area contributed by atoms with Crippen molar-refractivity contribution in [3.8, 4) is 22.3 Å². The molecule has 10 rings (SSSR count). The fourth-order valence-electron chi connectivity index (χ4n) is 10.9. The van der Waals surface area contributed by atoms with Crippen LogP contribution in [0.25, 0.3) is 44.2 Å². The largest absolute Gasteiger partial charge is 0.455 e. The van der Waals surface area contributed by atoms with Gasteiger partial charge in [0.25, 0.3) is 0 Å². The number of anilines is 5. The lowest BCUT2D eigenvalue weighted by molar-refractivity contribution is 0.569. The molecule has 3 heterocycles. The summed E-state index contributed by atoms with van der Waals surface area (Å²) in [5, 5.41) is 2.30. The second-order valence-corrected chi connectivity index (χ2v) is 23.9. The van der Waals surface area contributed by atoms with Crippen LogP contribution in [0.5, 0.6) is 0 Å². The van der Waals surface area contributed by atoms with Crippen LogP contribution in [0.1, 0.15) is 128 Å². The van der Waals surface area contributed by atoms with Gasteiger partial charge in [-0.3, -0.25) is 0 Å². The molecule has 0 amide bonds. The van der Waals surface area contributed by atoms with Crippen LogP contribution >= 0.6 is 0 Å². The van der Waals surface area contributed by atoms with Crippen LogP contribution in [0.2, 0.25) is 0 Å². The fourth-order valence-corrected chi connectivity index (χ4v) is 10.9. The number of hydrogen-bond donors (Lipinski definition) is 0. The van der Waals surface area contributed by atoms with Gasteiger partial charge in [-0.2, -0.15) is 0 Å². The molecule has 7 aromatic carbocycles. The van der Waals surface area contributed by atoms with Gasteiger partial charge in [0.1, 0.15) is 11.2 Å². The Morgan fingerprint density at radius 1 is 0.439 bits per heavy atom. The molecule has 3 nitrogen and oxygen atoms in total. The van der Waals surface area contributed by atoms with Crippen molar-refractivity contribution in [2.75, 3.05) is 9.71 Å². The zero-order valence-corrected chi connectivity index (χ0v) is 42.3. The van der Waals surface area contributed by atoms with Crippen molar-refractivity contribution in [3.63, 3.8) is 0 Å². The van der Waals surface area contributed by atoms with Crippen LogP contribution in [0.15, 0.2) is 120 Å². The Bertz CT molecular complexity index is 3230. The molecule has 0 saturated heterocycles. The number of aryl methyl sites for hydroxylation is 4. The van der Waals surface area contributed by atoms with E-state index >= 15 is 0 Å². The summed E-state index contributed by atoms with van der Waals surface area (Å²) in [6, 6.07) is 45.2. The van der Waals surface area contributed by atoms with E-state index in [2.05, 4.69) is 236 Å². The molecular weight excluding hydrogens is 800 g/mol. The molecule has 1 aromatic heterocycles. The van der Waals surface area contributed by atoms with E-state index in [1.165, 1.54) is 106 Å². The van der Waals surface area contributed by atoms with Crippen molar-refractivity contribution >= 4 is 68.1 Å². The van der Waals surface area contributed by atoms with E-state index in [4.69, 9.17) is 4.42 Å². The minimum atomic E-state index is -0.156. The molecule has 0 spiro atoms. The topological polar surface area (TPSA) is 19.6 Å². The Morgan fingerprint density at radius 2 is 1.05 bits per heavy atom. The van der Waals surface area contributed by atoms with E-state index in [1.807, 2.05) is 0 Å². The maximum absolute atomic E-state index is 7.19. The van der Waals surface area contributed by atoms with Crippen molar-refractivity contribution < 1.29 is 4.42 Å².